The van der Waals surface area contributed by atoms with Crippen molar-refractivity contribution in [1.82, 2.24) is 4.90 Å². The molecule has 0 bridgehead atoms. The van der Waals surface area contributed by atoms with Crippen molar-refractivity contribution in [2.24, 2.45) is 5.92 Å². The Morgan fingerprint density at radius 1 is 0.972 bits per heavy atom. The first-order valence-corrected chi connectivity index (χ1v) is 12.1. The summed E-state index contributed by atoms with van der Waals surface area (Å²) in [7, 11) is 0. The van der Waals surface area contributed by atoms with Gasteiger partial charge < -0.3 is 10.2 Å². The van der Waals surface area contributed by atoms with Crippen molar-refractivity contribution in [3.63, 3.8) is 0 Å². The molecule has 0 aliphatic carbocycles. The molecular formula is C28H26ClF3N2O2. The number of likely N-dealkylation sites (tertiary alicyclic amines) is 1. The lowest BCUT2D eigenvalue weighted by Crippen LogP contribution is -2.46. The Morgan fingerprint density at radius 3 is 2.28 bits per heavy atom. The van der Waals surface area contributed by atoms with Crippen molar-refractivity contribution in [2.45, 2.75) is 38.9 Å². The zero-order valence-electron chi connectivity index (χ0n) is 19.9. The number of nitrogens with one attached hydrogen (secondary N) is 1. The quantitative estimate of drug-likeness (QED) is 0.400. The second-order valence-corrected chi connectivity index (χ2v) is 9.46. The fourth-order valence-corrected chi connectivity index (χ4v) is 5.04. The Hall–Kier alpha value is -3.32. The molecule has 1 N–H and O–H groups in total. The lowest BCUT2D eigenvalue weighted by molar-refractivity contribution is -0.137. The summed E-state index contributed by atoms with van der Waals surface area (Å²) in [5.41, 5.74) is 2.05. The third-order valence-corrected chi connectivity index (χ3v) is 6.95. The zero-order chi connectivity index (χ0) is 26.0. The molecule has 1 heterocycles. The van der Waals surface area contributed by atoms with Crippen molar-refractivity contribution in [1.29, 1.82) is 0 Å². The fraction of sp³-hybridized carbons (Fsp3) is 0.286. The second kappa shape index (κ2) is 10.3. The van der Waals surface area contributed by atoms with E-state index in [0.29, 0.717) is 24.9 Å². The minimum Gasteiger partial charge on any atom is -0.331 e. The number of amides is 2. The van der Waals surface area contributed by atoms with Gasteiger partial charge in [-0.1, -0.05) is 60.1 Å². The van der Waals surface area contributed by atoms with Crippen LogP contribution in [0.15, 0.2) is 66.7 Å². The van der Waals surface area contributed by atoms with E-state index in [0.717, 1.165) is 34.9 Å². The van der Waals surface area contributed by atoms with Gasteiger partial charge in [0.15, 0.2) is 0 Å². The number of hydrogen-bond donors (Lipinski definition) is 1. The Bertz CT molecular complexity index is 1260. The summed E-state index contributed by atoms with van der Waals surface area (Å²) in [5, 5.41) is 2.61. The summed E-state index contributed by atoms with van der Waals surface area (Å²) in [6.45, 7) is 4.21. The molecule has 2 unspecified atom stereocenters. The molecule has 4 nitrogen and oxygen atoms in total. The zero-order valence-corrected chi connectivity index (χ0v) is 20.7. The predicted molar refractivity (Wildman–Crippen MR) is 134 cm³/mol. The number of aryl methyl sites for hydroxylation is 2. The molecule has 188 valence electrons. The number of carbonyl (C=O) groups excluding carboxylic acids is 2. The molecular weight excluding hydrogens is 489 g/mol. The number of carbonyl (C=O) groups is 2. The molecule has 4 rings (SSSR count). The average Bonchev–Trinajstić information content (AvgIpc) is 2.84. The van der Waals surface area contributed by atoms with Crippen LogP contribution in [-0.4, -0.2) is 23.3 Å². The van der Waals surface area contributed by atoms with E-state index in [9.17, 15) is 22.8 Å². The summed E-state index contributed by atoms with van der Waals surface area (Å²) in [4.78, 5) is 29.0. The van der Waals surface area contributed by atoms with E-state index in [4.69, 9.17) is 11.6 Å². The predicted octanol–water partition coefficient (Wildman–Crippen LogP) is 7.21. The van der Waals surface area contributed by atoms with E-state index in [1.54, 1.807) is 4.90 Å². The summed E-state index contributed by atoms with van der Waals surface area (Å²) in [6, 6.07) is 17.1. The molecule has 2 amide bonds. The van der Waals surface area contributed by atoms with E-state index < -0.39 is 29.6 Å². The molecule has 1 saturated heterocycles. The van der Waals surface area contributed by atoms with Gasteiger partial charge in [-0.05, 0) is 61.6 Å². The maximum absolute atomic E-state index is 13.8. The van der Waals surface area contributed by atoms with Crippen LogP contribution in [-0.2, 0) is 11.0 Å². The smallest absolute Gasteiger partial charge is 0.331 e. The Morgan fingerprint density at radius 2 is 1.64 bits per heavy atom. The first-order valence-electron chi connectivity index (χ1n) is 11.7. The van der Waals surface area contributed by atoms with Gasteiger partial charge in [0, 0.05) is 12.1 Å². The van der Waals surface area contributed by atoms with Crippen LogP contribution in [0.5, 0.6) is 0 Å². The van der Waals surface area contributed by atoms with Gasteiger partial charge in [-0.15, -0.1) is 0 Å². The maximum Gasteiger partial charge on any atom is 0.416 e. The summed E-state index contributed by atoms with van der Waals surface area (Å²) >= 11 is 6.13. The van der Waals surface area contributed by atoms with E-state index in [1.165, 1.54) is 0 Å². The third-order valence-electron chi connectivity index (χ3n) is 6.62. The number of nitrogens with zero attached hydrogens (tertiary/aromatic N) is 1. The molecule has 0 aromatic heterocycles. The highest BCUT2D eigenvalue weighted by atomic mass is 35.5. The SMILES string of the molecule is Cc1cccc(C)c1C(=O)N1CCCC(C(=O)Nc2cc(C(F)(F)F)ccc2Cl)C1c1ccccc1. The minimum atomic E-state index is -4.57. The van der Waals surface area contributed by atoms with Crippen LogP contribution in [0.2, 0.25) is 5.02 Å². The molecule has 3 aromatic carbocycles. The lowest BCUT2D eigenvalue weighted by Gasteiger charge is -2.41. The first kappa shape index (κ1) is 25.8. The van der Waals surface area contributed by atoms with Crippen molar-refractivity contribution in [2.75, 3.05) is 11.9 Å². The molecule has 2 atom stereocenters. The number of rotatable bonds is 4. The summed E-state index contributed by atoms with van der Waals surface area (Å²) < 4.78 is 39.7. The monoisotopic (exact) mass is 514 g/mol. The molecule has 1 aliphatic rings. The van der Waals surface area contributed by atoms with Gasteiger partial charge in [0.2, 0.25) is 5.91 Å². The van der Waals surface area contributed by atoms with E-state index in [1.807, 2.05) is 62.4 Å². The number of piperidine rings is 1. The number of benzene rings is 3. The van der Waals surface area contributed by atoms with Gasteiger partial charge >= 0.3 is 6.18 Å². The van der Waals surface area contributed by atoms with E-state index >= 15 is 0 Å². The van der Waals surface area contributed by atoms with Crippen molar-refractivity contribution < 1.29 is 22.8 Å². The topological polar surface area (TPSA) is 49.4 Å². The van der Waals surface area contributed by atoms with Crippen LogP contribution in [0.25, 0.3) is 0 Å². The standard InChI is InChI=1S/C28H26ClF3N2O2/c1-17-8-6-9-18(2)24(17)27(36)34-15-7-12-21(25(34)19-10-4-3-5-11-19)26(35)33-23-16-20(28(30,31)32)13-14-22(23)29/h3-6,8-11,13-14,16,21,25H,7,12,15H2,1-2H3,(H,33,35). The third kappa shape index (κ3) is 5.26. The lowest BCUT2D eigenvalue weighted by atomic mass is 9.83. The Labute approximate surface area is 213 Å². The highest BCUT2D eigenvalue weighted by Gasteiger charge is 2.40. The van der Waals surface area contributed by atoms with Crippen LogP contribution < -0.4 is 5.32 Å². The highest BCUT2D eigenvalue weighted by Crippen LogP contribution is 2.39. The maximum atomic E-state index is 13.8. The molecule has 1 aliphatic heterocycles. The number of anilines is 1. The van der Waals surface area contributed by atoms with Crippen molar-refractivity contribution in [3.8, 4) is 0 Å². The fourth-order valence-electron chi connectivity index (χ4n) is 4.88. The summed E-state index contributed by atoms with van der Waals surface area (Å²) in [6.07, 6.45) is -3.52. The van der Waals surface area contributed by atoms with E-state index in [-0.39, 0.29) is 16.6 Å². The molecule has 0 saturated carbocycles. The number of halogens is 4. The number of alkyl halides is 3. The van der Waals surface area contributed by atoms with Gasteiger partial charge in [0.25, 0.3) is 5.91 Å². The van der Waals surface area contributed by atoms with Gasteiger partial charge in [0.05, 0.1) is 28.2 Å². The van der Waals surface area contributed by atoms with Crippen LogP contribution in [0.3, 0.4) is 0 Å². The molecule has 0 spiro atoms. The van der Waals surface area contributed by atoms with Gasteiger partial charge in [-0.3, -0.25) is 9.59 Å². The van der Waals surface area contributed by atoms with Gasteiger partial charge in [-0.25, -0.2) is 0 Å². The van der Waals surface area contributed by atoms with Crippen LogP contribution in [0, 0.1) is 19.8 Å². The van der Waals surface area contributed by atoms with Crippen molar-refractivity contribution >= 4 is 29.1 Å². The normalized spacial score (nSPS) is 18.1. The first-order chi connectivity index (χ1) is 17.1. The van der Waals surface area contributed by atoms with Crippen LogP contribution >= 0.6 is 11.6 Å². The van der Waals surface area contributed by atoms with Gasteiger partial charge in [0.1, 0.15) is 0 Å². The second-order valence-electron chi connectivity index (χ2n) is 9.05. The van der Waals surface area contributed by atoms with Gasteiger partial charge in [-0.2, -0.15) is 13.2 Å². The van der Waals surface area contributed by atoms with Crippen LogP contribution in [0.1, 0.15) is 51.5 Å². The summed E-state index contributed by atoms with van der Waals surface area (Å²) in [5.74, 6) is -1.34. The van der Waals surface area contributed by atoms with Crippen LogP contribution in [0.4, 0.5) is 18.9 Å². The molecule has 3 aromatic rings. The van der Waals surface area contributed by atoms with Crippen molar-refractivity contribution in [3.05, 3.63) is 99.6 Å². The Balaban J connectivity index is 1.71. The van der Waals surface area contributed by atoms with E-state index in [2.05, 4.69) is 5.32 Å². The molecule has 0 radical (unpaired) electrons. The highest BCUT2D eigenvalue weighted by molar-refractivity contribution is 6.33. The molecule has 8 heteroatoms. The largest absolute Gasteiger partial charge is 0.416 e. The average molecular weight is 515 g/mol. The molecule has 36 heavy (non-hydrogen) atoms. The minimum absolute atomic E-state index is 0.00638. The molecule has 1 fully saturated rings. The Kier molecular flexibility index (Phi) is 7.41. The number of hydrogen-bond acceptors (Lipinski definition) is 2.